The highest BCUT2D eigenvalue weighted by atomic mass is 35.5. The van der Waals surface area contributed by atoms with Crippen molar-refractivity contribution in [1.29, 1.82) is 0 Å². The number of rotatable bonds is 7. The first kappa shape index (κ1) is 21.6. The van der Waals surface area contributed by atoms with Gasteiger partial charge < -0.3 is 10.1 Å². The van der Waals surface area contributed by atoms with Crippen LogP contribution in [-0.2, 0) is 9.53 Å². The van der Waals surface area contributed by atoms with Crippen LogP contribution < -0.4 is 5.32 Å². The zero-order valence-corrected chi connectivity index (χ0v) is 17.6. The Morgan fingerprint density at radius 1 is 1.18 bits per heavy atom. The zero-order chi connectivity index (χ0) is 19.9. The quantitative estimate of drug-likeness (QED) is 0.573. The largest absolute Gasteiger partial charge is 0.466 e. The van der Waals surface area contributed by atoms with Crippen LogP contribution in [0.25, 0.3) is 0 Å². The average molecular weight is 410 g/mol. The molecule has 2 saturated carbocycles. The third-order valence-electron chi connectivity index (χ3n) is 6.49. The van der Waals surface area contributed by atoms with E-state index in [0.717, 1.165) is 37.3 Å². The smallest absolute Gasteiger partial charge is 0.306 e. The fourth-order valence-electron chi connectivity index (χ4n) is 5.11. The average Bonchev–Trinajstić information content (AvgIpc) is 2.70. The summed E-state index contributed by atoms with van der Waals surface area (Å²) in [5.41, 5.74) is 1.03. The third kappa shape index (κ3) is 5.70. The van der Waals surface area contributed by atoms with Crippen LogP contribution in [0.5, 0.6) is 0 Å². The van der Waals surface area contributed by atoms with Crippen molar-refractivity contribution in [3.05, 3.63) is 34.6 Å². The fraction of sp³-hybridized carbons (Fsp3) is 0.696. The van der Waals surface area contributed by atoms with Crippen LogP contribution in [0.15, 0.2) is 18.2 Å². The second-order valence-corrected chi connectivity index (χ2v) is 8.83. The van der Waals surface area contributed by atoms with E-state index in [-0.39, 0.29) is 28.9 Å². The SMILES string of the molecule is CCOC(=O)CC1CCCC(NCC2CCCCC2)C1c1ccc(F)c(Cl)c1. The van der Waals surface area contributed by atoms with E-state index in [0.29, 0.717) is 13.0 Å². The van der Waals surface area contributed by atoms with E-state index >= 15 is 0 Å². The first-order valence-electron chi connectivity index (χ1n) is 10.9. The van der Waals surface area contributed by atoms with Gasteiger partial charge in [-0.25, -0.2) is 4.39 Å². The van der Waals surface area contributed by atoms with E-state index in [9.17, 15) is 9.18 Å². The Kier molecular flexibility index (Phi) is 8.16. The second kappa shape index (κ2) is 10.6. The molecule has 0 bridgehead atoms. The highest BCUT2D eigenvalue weighted by molar-refractivity contribution is 6.30. The van der Waals surface area contributed by atoms with Crippen molar-refractivity contribution < 1.29 is 13.9 Å². The van der Waals surface area contributed by atoms with Gasteiger partial charge in [-0.05, 0) is 68.7 Å². The van der Waals surface area contributed by atoms with Gasteiger partial charge in [-0.15, -0.1) is 0 Å². The van der Waals surface area contributed by atoms with Crippen LogP contribution >= 0.6 is 11.6 Å². The Labute approximate surface area is 173 Å². The van der Waals surface area contributed by atoms with Gasteiger partial charge in [0.2, 0.25) is 0 Å². The molecule has 3 nitrogen and oxygen atoms in total. The van der Waals surface area contributed by atoms with Crippen molar-refractivity contribution in [3.8, 4) is 0 Å². The number of ether oxygens (including phenoxy) is 1. The summed E-state index contributed by atoms with van der Waals surface area (Å²) in [7, 11) is 0. The number of hydrogen-bond donors (Lipinski definition) is 1. The Hall–Kier alpha value is -1.13. The van der Waals surface area contributed by atoms with E-state index in [1.165, 1.54) is 38.2 Å². The Morgan fingerprint density at radius 3 is 2.68 bits per heavy atom. The number of nitrogens with one attached hydrogen (secondary N) is 1. The van der Waals surface area contributed by atoms with Gasteiger partial charge >= 0.3 is 5.97 Å². The Balaban J connectivity index is 1.76. The van der Waals surface area contributed by atoms with Crippen molar-refractivity contribution in [3.63, 3.8) is 0 Å². The minimum Gasteiger partial charge on any atom is -0.466 e. The third-order valence-corrected chi connectivity index (χ3v) is 6.78. The summed E-state index contributed by atoms with van der Waals surface area (Å²) in [4.78, 5) is 12.2. The molecule has 2 aliphatic carbocycles. The van der Waals surface area contributed by atoms with Crippen molar-refractivity contribution in [2.24, 2.45) is 11.8 Å². The lowest BCUT2D eigenvalue weighted by molar-refractivity contribution is -0.144. The summed E-state index contributed by atoms with van der Waals surface area (Å²) in [6.07, 6.45) is 10.2. The van der Waals surface area contributed by atoms with Gasteiger partial charge in [0.25, 0.3) is 0 Å². The van der Waals surface area contributed by atoms with Crippen LogP contribution in [0.1, 0.15) is 76.2 Å². The molecule has 3 rings (SSSR count). The van der Waals surface area contributed by atoms with Crippen molar-refractivity contribution in [2.75, 3.05) is 13.2 Å². The van der Waals surface area contributed by atoms with Crippen molar-refractivity contribution in [2.45, 2.75) is 76.7 Å². The molecule has 0 aromatic heterocycles. The number of esters is 1. The number of carbonyl (C=O) groups excluding carboxylic acids is 1. The van der Waals surface area contributed by atoms with Crippen molar-refractivity contribution >= 4 is 17.6 Å². The standard InChI is InChI=1S/C23H33ClFNO2/c1-2-28-22(27)14-17-9-6-10-21(26-15-16-7-4-3-5-8-16)23(17)18-11-12-20(25)19(24)13-18/h11-13,16-17,21,23,26H,2-10,14-15H2,1H3. The van der Waals surface area contributed by atoms with E-state index < -0.39 is 5.82 Å². The molecule has 0 heterocycles. The van der Waals surface area contributed by atoms with Crippen LogP contribution in [-0.4, -0.2) is 25.2 Å². The first-order valence-corrected chi connectivity index (χ1v) is 11.3. The lowest BCUT2D eigenvalue weighted by Crippen LogP contribution is -2.44. The molecule has 1 N–H and O–H groups in total. The monoisotopic (exact) mass is 409 g/mol. The van der Waals surface area contributed by atoms with Gasteiger partial charge in [-0.3, -0.25) is 4.79 Å². The first-order chi connectivity index (χ1) is 13.6. The number of carbonyl (C=O) groups is 1. The van der Waals surface area contributed by atoms with Crippen LogP contribution in [0.4, 0.5) is 4.39 Å². The maximum Gasteiger partial charge on any atom is 0.306 e. The molecule has 2 aliphatic rings. The molecule has 28 heavy (non-hydrogen) atoms. The van der Waals surface area contributed by atoms with Crippen LogP contribution in [0.2, 0.25) is 5.02 Å². The van der Waals surface area contributed by atoms with Gasteiger partial charge in [0, 0.05) is 18.4 Å². The van der Waals surface area contributed by atoms with E-state index in [1.54, 1.807) is 6.07 Å². The molecular weight excluding hydrogens is 377 g/mol. The molecule has 0 spiro atoms. The summed E-state index contributed by atoms with van der Waals surface area (Å²) >= 11 is 6.10. The van der Waals surface area contributed by atoms with E-state index in [4.69, 9.17) is 16.3 Å². The molecule has 3 unspecified atom stereocenters. The molecule has 0 radical (unpaired) electrons. The topological polar surface area (TPSA) is 38.3 Å². The maximum atomic E-state index is 13.7. The molecule has 5 heteroatoms. The summed E-state index contributed by atoms with van der Waals surface area (Å²) in [6, 6.07) is 5.33. The maximum absolute atomic E-state index is 13.7. The van der Waals surface area contributed by atoms with E-state index in [1.807, 2.05) is 13.0 Å². The molecule has 0 saturated heterocycles. The molecule has 1 aromatic carbocycles. The van der Waals surface area contributed by atoms with Crippen LogP contribution in [0, 0.1) is 17.7 Å². The molecule has 156 valence electrons. The van der Waals surface area contributed by atoms with Gasteiger partial charge in [0.1, 0.15) is 5.82 Å². The summed E-state index contributed by atoms with van der Waals surface area (Å²) in [6.45, 7) is 3.27. The minimum atomic E-state index is -0.394. The predicted octanol–water partition coefficient (Wildman–Crippen LogP) is 5.85. The Bertz CT molecular complexity index is 647. The molecule has 1 aromatic rings. The highest BCUT2D eigenvalue weighted by Crippen LogP contribution is 2.41. The summed E-state index contributed by atoms with van der Waals surface area (Å²) in [5, 5.41) is 3.98. The summed E-state index contributed by atoms with van der Waals surface area (Å²) in [5.74, 6) is 0.559. The van der Waals surface area contributed by atoms with Crippen molar-refractivity contribution in [1.82, 2.24) is 5.32 Å². The predicted molar refractivity (Wildman–Crippen MR) is 111 cm³/mol. The van der Waals surface area contributed by atoms with Crippen LogP contribution in [0.3, 0.4) is 0 Å². The van der Waals surface area contributed by atoms with E-state index in [2.05, 4.69) is 5.32 Å². The molecular formula is C23H33ClFNO2. The zero-order valence-electron chi connectivity index (χ0n) is 16.9. The molecule has 0 amide bonds. The number of halogens is 2. The lowest BCUT2D eigenvalue weighted by Gasteiger charge is -2.40. The van der Waals surface area contributed by atoms with Gasteiger partial charge in [0.15, 0.2) is 0 Å². The lowest BCUT2D eigenvalue weighted by atomic mass is 9.71. The highest BCUT2D eigenvalue weighted by Gasteiger charge is 2.36. The van der Waals surface area contributed by atoms with Gasteiger partial charge in [-0.2, -0.15) is 0 Å². The minimum absolute atomic E-state index is 0.140. The molecule has 0 aliphatic heterocycles. The van der Waals surface area contributed by atoms with Gasteiger partial charge in [-0.1, -0.05) is 43.4 Å². The summed E-state index contributed by atoms with van der Waals surface area (Å²) < 4.78 is 19.0. The number of benzene rings is 1. The fourth-order valence-corrected chi connectivity index (χ4v) is 5.30. The molecule has 2 fully saturated rings. The molecule has 3 atom stereocenters. The second-order valence-electron chi connectivity index (χ2n) is 8.42. The number of hydrogen-bond acceptors (Lipinski definition) is 3. The van der Waals surface area contributed by atoms with Gasteiger partial charge in [0.05, 0.1) is 11.6 Å². The normalized spacial score (nSPS) is 26.2. The Morgan fingerprint density at radius 2 is 1.96 bits per heavy atom.